The largest absolute Gasteiger partial charge is 0.504 e. The number of nitrogens with zero attached hydrogens (tertiary/aromatic N) is 1. The van der Waals surface area contributed by atoms with Gasteiger partial charge in [-0.05, 0) is 62.7 Å². The van der Waals surface area contributed by atoms with Crippen molar-refractivity contribution in [3.05, 3.63) is 75.7 Å². The van der Waals surface area contributed by atoms with Gasteiger partial charge < -0.3 is 29.1 Å². The molecule has 3 N–H and O–H groups in total. The van der Waals surface area contributed by atoms with Gasteiger partial charge in [-0.25, -0.2) is 0 Å². The molecule has 0 spiro atoms. The van der Waals surface area contributed by atoms with Crippen molar-refractivity contribution < 1.29 is 28.6 Å². The molecule has 2 unspecified atom stereocenters. The van der Waals surface area contributed by atoms with Crippen LogP contribution >= 0.6 is 0 Å². The van der Waals surface area contributed by atoms with Gasteiger partial charge in [-0.15, -0.1) is 0 Å². The summed E-state index contributed by atoms with van der Waals surface area (Å²) >= 11 is 0. The molecule has 1 fully saturated rings. The number of furan rings is 1. The molecule has 35 heavy (non-hydrogen) atoms. The van der Waals surface area contributed by atoms with Crippen LogP contribution in [0.5, 0.6) is 17.2 Å². The number of ether oxygens (including phenoxy) is 1. The van der Waals surface area contributed by atoms with Crippen molar-refractivity contribution >= 4 is 5.91 Å². The van der Waals surface area contributed by atoms with Crippen molar-refractivity contribution in [2.75, 3.05) is 26.7 Å². The Morgan fingerprint density at radius 1 is 1.20 bits per heavy atom. The number of carbonyl (C=O) groups excluding carboxylic acids is 1. The molecule has 186 valence electrons. The monoisotopic (exact) mass is 482 g/mol. The summed E-state index contributed by atoms with van der Waals surface area (Å²) < 4.78 is 16.6. The summed E-state index contributed by atoms with van der Waals surface area (Å²) in [5.74, 6) is -0.408. The Morgan fingerprint density at radius 2 is 1.97 bits per heavy atom. The fraction of sp³-hybridized carbons (Fsp3) is 0.385. The predicted octanol–water partition coefficient (Wildman–Crippen LogP) is 3.44. The van der Waals surface area contributed by atoms with Gasteiger partial charge in [0.15, 0.2) is 17.3 Å². The highest BCUT2D eigenvalue weighted by atomic mass is 16.5. The molecule has 1 amide bonds. The minimum Gasteiger partial charge on any atom is -0.504 e. The second-order valence-corrected chi connectivity index (χ2v) is 8.70. The number of likely N-dealkylation sites (tertiary alicyclic amines) is 1. The van der Waals surface area contributed by atoms with Crippen LogP contribution in [0.2, 0.25) is 0 Å². The van der Waals surface area contributed by atoms with E-state index < -0.39 is 17.1 Å². The highest BCUT2D eigenvalue weighted by molar-refractivity contribution is 5.77. The first kappa shape index (κ1) is 24.4. The average Bonchev–Trinajstić information content (AvgIpc) is 3.56. The summed E-state index contributed by atoms with van der Waals surface area (Å²) in [7, 11) is 1.41. The Hall–Kier alpha value is -3.72. The van der Waals surface area contributed by atoms with Gasteiger partial charge in [0.2, 0.25) is 17.1 Å². The molecule has 2 aromatic heterocycles. The molecule has 1 aromatic carbocycles. The van der Waals surface area contributed by atoms with Crippen molar-refractivity contribution in [2.24, 2.45) is 0 Å². The summed E-state index contributed by atoms with van der Waals surface area (Å²) in [6.45, 7) is 3.81. The second kappa shape index (κ2) is 10.7. The van der Waals surface area contributed by atoms with E-state index in [9.17, 15) is 19.8 Å². The van der Waals surface area contributed by atoms with Crippen LogP contribution in [-0.2, 0) is 4.79 Å². The minimum atomic E-state index is -0.786. The number of hydrogen-bond acceptors (Lipinski definition) is 8. The van der Waals surface area contributed by atoms with Gasteiger partial charge in [0.1, 0.15) is 11.5 Å². The fourth-order valence-electron chi connectivity index (χ4n) is 4.55. The van der Waals surface area contributed by atoms with Gasteiger partial charge in [0, 0.05) is 19.0 Å². The maximum absolute atomic E-state index is 13.1. The molecule has 2 atom stereocenters. The number of phenolic OH excluding ortho intramolecular Hbond substituents is 1. The van der Waals surface area contributed by atoms with Gasteiger partial charge in [0.25, 0.3) is 0 Å². The third kappa shape index (κ3) is 5.51. The molecule has 0 aliphatic carbocycles. The Morgan fingerprint density at radius 3 is 2.66 bits per heavy atom. The number of aryl methyl sites for hydroxylation is 1. The quantitative estimate of drug-likeness (QED) is 0.424. The summed E-state index contributed by atoms with van der Waals surface area (Å²) in [4.78, 5) is 27.7. The van der Waals surface area contributed by atoms with E-state index in [0.29, 0.717) is 17.9 Å². The number of phenols is 1. The maximum Gasteiger partial charge on any atom is 0.227 e. The molecule has 9 heteroatoms. The van der Waals surface area contributed by atoms with Crippen molar-refractivity contribution in [1.29, 1.82) is 0 Å². The van der Waals surface area contributed by atoms with E-state index in [0.717, 1.165) is 31.7 Å². The zero-order valence-corrected chi connectivity index (χ0v) is 19.8. The van der Waals surface area contributed by atoms with Gasteiger partial charge in [-0.3, -0.25) is 14.5 Å². The SMILES string of the molecule is COc1cc(C(CC(=O)NCC(c2ccco2)N2CCCC2)c2oc(C)cc(=O)c2O)ccc1O. The van der Waals surface area contributed by atoms with Crippen LogP contribution in [0, 0.1) is 6.92 Å². The van der Waals surface area contributed by atoms with E-state index >= 15 is 0 Å². The van der Waals surface area contributed by atoms with E-state index in [1.54, 1.807) is 25.3 Å². The van der Waals surface area contributed by atoms with Crippen LogP contribution in [0.4, 0.5) is 0 Å². The normalized spacial score (nSPS) is 15.6. The van der Waals surface area contributed by atoms with Crippen molar-refractivity contribution in [2.45, 2.75) is 38.1 Å². The zero-order valence-electron chi connectivity index (χ0n) is 19.8. The lowest BCUT2D eigenvalue weighted by molar-refractivity contribution is -0.121. The number of benzene rings is 1. The van der Waals surface area contributed by atoms with E-state index in [-0.39, 0.29) is 35.6 Å². The first-order valence-corrected chi connectivity index (χ1v) is 11.6. The van der Waals surface area contributed by atoms with E-state index in [1.807, 2.05) is 12.1 Å². The van der Waals surface area contributed by atoms with Crippen molar-refractivity contribution in [1.82, 2.24) is 10.2 Å². The van der Waals surface area contributed by atoms with Gasteiger partial charge >= 0.3 is 0 Å². The number of amides is 1. The molecular formula is C26H30N2O7. The topological polar surface area (TPSA) is 125 Å². The lowest BCUT2D eigenvalue weighted by Gasteiger charge is -2.26. The molecule has 4 rings (SSSR count). The van der Waals surface area contributed by atoms with Crippen LogP contribution in [-0.4, -0.2) is 47.8 Å². The molecule has 1 aliphatic rings. The first-order chi connectivity index (χ1) is 16.9. The highest BCUT2D eigenvalue weighted by Crippen LogP contribution is 2.37. The third-order valence-electron chi connectivity index (χ3n) is 6.33. The lowest BCUT2D eigenvalue weighted by Crippen LogP contribution is -2.37. The van der Waals surface area contributed by atoms with E-state index in [1.165, 1.54) is 19.2 Å². The van der Waals surface area contributed by atoms with Crippen molar-refractivity contribution in [3.8, 4) is 17.2 Å². The Labute approximate surface area is 202 Å². The van der Waals surface area contributed by atoms with Gasteiger partial charge in [0.05, 0.1) is 25.3 Å². The molecule has 0 saturated carbocycles. The number of rotatable bonds is 9. The summed E-state index contributed by atoms with van der Waals surface area (Å²) in [5, 5.41) is 23.5. The van der Waals surface area contributed by atoms with Crippen LogP contribution in [0.25, 0.3) is 0 Å². The predicted molar refractivity (Wildman–Crippen MR) is 128 cm³/mol. The van der Waals surface area contributed by atoms with Crippen LogP contribution < -0.4 is 15.5 Å². The molecule has 1 saturated heterocycles. The fourth-order valence-corrected chi connectivity index (χ4v) is 4.55. The van der Waals surface area contributed by atoms with E-state index in [2.05, 4.69) is 10.2 Å². The zero-order chi connectivity index (χ0) is 24.9. The molecule has 0 bridgehead atoms. The Bertz CT molecular complexity index is 1210. The van der Waals surface area contributed by atoms with Crippen LogP contribution in [0.1, 0.15) is 54.1 Å². The Balaban J connectivity index is 1.59. The molecule has 0 radical (unpaired) electrons. The molecule has 1 aliphatic heterocycles. The van der Waals surface area contributed by atoms with Crippen LogP contribution in [0.15, 0.2) is 56.3 Å². The van der Waals surface area contributed by atoms with E-state index in [4.69, 9.17) is 13.6 Å². The van der Waals surface area contributed by atoms with Crippen LogP contribution in [0.3, 0.4) is 0 Å². The number of hydrogen-bond donors (Lipinski definition) is 3. The van der Waals surface area contributed by atoms with Gasteiger partial charge in [-0.2, -0.15) is 0 Å². The van der Waals surface area contributed by atoms with Crippen molar-refractivity contribution in [3.63, 3.8) is 0 Å². The second-order valence-electron chi connectivity index (χ2n) is 8.70. The molecule has 3 aromatic rings. The third-order valence-corrected chi connectivity index (χ3v) is 6.33. The standard InChI is InChI=1S/C26H30N2O7/c1-16-12-21(30)25(32)26(35-16)18(17-7-8-20(29)23(13-17)33-2)14-24(31)27-15-19(22-6-5-11-34-22)28-9-3-4-10-28/h5-8,11-13,18-19,29,32H,3-4,9-10,14-15H2,1-2H3,(H,27,31). The highest BCUT2D eigenvalue weighted by Gasteiger charge is 2.29. The smallest absolute Gasteiger partial charge is 0.227 e. The number of nitrogens with one attached hydrogen (secondary N) is 1. The maximum atomic E-state index is 13.1. The average molecular weight is 483 g/mol. The lowest BCUT2D eigenvalue weighted by atomic mass is 9.91. The summed E-state index contributed by atoms with van der Waals surface area (Å²) in [5.41, 5.74) is -0.0483. The summed E-state index contributed by atoms with van der Waals surface area (Å²) in [6, 6.07) is 9.44. The number of carbonyl (C=O) groups is 1. The molecule has 3 heterocycles. The summed E-state index contributed by atoms with van der Waals surface area (Å²) in [6.07, 6.45) is 3.72. The number of methoxy groups -OCH3 is 1. The number of aromatic hydroxyl groups is 2. The first-order valence-electron chi connectivity index (χ1n) is 11.6. The molecular weight excluding hydrogens is 452 g/mol. The minimum absolute atomic E-state index is 0.0139. The molecule has 9 nitrogen and oxygen atoms in total. The van der Waals surface area contributed by atoms with Gasteiger partial charge in [-0.1, -0.05) is 6.07 Å². The Kier molecular flexibility index (Phi) is 7.45.